The van der Waals surface area contributed by atoms with Crippen LogP contribution in [0.4, 0.5) is 0 Å². The van der Waals surface area contributed by atoms with Gasteiger partial charge in [0.1, 0.15) is 5.75 Å². The molecule has 3 heteroatoms. The molecular formula is C17H25NO2. The third-order valence-corrected chi connectivity index (χ3v) is 4.69. The molecule has 110 valence electrons. The highest BCUT2D eigenvalue weighted by molar-refractivity contribution is 5.39. The highest BCUT2D eigenvalue weighted by atomic mass is 16.5. The molecule has 1 aliphatic carbocycles. The lowest BCUT2D eigenvalue weighted by Gasteiger charge is -2.36. The minimum atomic E-state index is -0.0436. The summed E-state index contributed by atoms with van der Waals surface area (Å²) in [4.78, 5) is 0. The maximum Gasteiger partial charge on any atom is 0.122 e. The molecule has 1 aliphatic heterocycles. The number of rotatable bonds is 5. The van der Waals surface area contributed by atoms with Crippen LogP contribution in [-0.4, -0.2) is 25.4 Å². The molecule has 3 nitrogen and oxygen atoms in total. The number of ether oxygens (including phenoxy) is 2. The molecule has 1 heterocycles. The molecule has 3 rings (SSSR count). The molecule has 0 atom stereocenters. The van der Waals surface area contributed by atoms with Gasteiger partial charge in [-0.2, -0.15) is 0 Å². The van der Waals surface area contributed by atoms with Crippen LogP contribution in [-0.2, 0) is 17.6 Å². The Labute approximate surface area is 121 Å². The van der Waals surface area contributed by atoms with Crippen molar-refractivity contribution in [3.05, 3.63) is 29.3 Å². The van der Waals surface area contributed by atoms with Gasteiger partial charge in [-0.15, -0.1) is 0 Å². The standard InChI is InChI=1S/C17H25NO2/c18-13-17(8-2-1-3-9-17)20-11-6-14-4-5-16-15(12-14)7-10-19-16/h4-5,12H,1-3,6-11,13,18H2. The van der Waals surface area contributed by atoms with E-state index in [0.717, 1.165) is 44.6 Å². The van der Waals surface area contributed by atoms with Crippen molar-refractivity contribution < 1.29 is 9.47 Å². The number of benzene rings is 1. The fraction of sp³-hybridized carbons (Fsp3) is 0.647. The first-order valence-electron chi connectivity index (χ1n) is 7.90. The van der Waals surface area contributed by atoms with Crippen molar-refractivity contribution in [3.8, 4) is 5.75 Å². The van der Waals surface area contributed by atoms with Gasteiger partial charge < -0.3 is 15.2 Å². The lowest BCUT2D eigenvalue weighted by Crippen LogP contribution is -2.43. The molecule has 0 bridgehead atoms. The Morgan fingerprint density at radius 2 is 2.05 bits per heavy atom. The van der Waals surface area contributed by atoms with Gasteiger partial charge >= 0.3 is 0 Å². The quantitative estimate of drug-likeness (QED) is 0.898. The maximum absolute atomic E-state index is 6.19. The van der Waals surface area contributed by atoms with Crippen LogP contribution in [0.3, 0.4) is 0 Å². The van der Waals surface area contributed by atoms with E-state index >= 15 is 0 Å². The summed E-state index contributed by atoms with van der Waals surface area (Å²) < 4.78 is 11.7. The van der Waals surface area contributed by atoms with Crippen molar-refractivity contribution in [1.29, 1.82) is 0 Å². The lowest BCUT2D eigenvalue weighted by atomic mass is 9.84. The van der Waals surface area contributed by atoms with E-state index in [1.54, 1.807) is 0 Å². The fourth-order valence-electron chi connectivity index (χ4n) is 3.38. The van der Waals surface area contributed by atoms with Crippen molar-refractivity contribution in [2.24, 2.45) is 5.73 Å². The van der Waals surface area contributed by atoms with Crippen LogP contribution in [0.5, 0.6) is 5.75 Å². The monoisotopic (exact) mass is 275 g/mol. The second-order valence-electron chi connectivity index (χ2n) is 6.09. The summed E-state index contributed by atoms with van der Waals surface area (Å²) >= 11 is 0. The predicted molar refractivity (Wildman–Crippen MR) is 80.2 cm³/mol. The van der Waals surface area contributed by atoms with Crippen LogP contribution in [0.25, 0.3) is 0 Å². The number of hydrogen-bond acceptors (Lipinski definition) is 3. The molecule has 0 amide bonds. The fourth-order valence-corrected chi connectivity index (χ4v) is 3.38. The summed E-state index contributed by atoms with van der Waals surface area (Å²) in [6.07, 6.45) is 8.10. The Bertz CT molecular complexity index is 452. The van der Waals surface area contributed by atoms with E-state index in [9.17, 15) is 0 Å². The van der Waals surface area contributed by atoms with Crippen molar-refractivity contribution in [3.63, 3.8) is 0 Å². The average molecular weight is 275 g/mol. The van der Waals surface area contributed by atoms with E-state index < -0.39 is 0 Å². The molecule has 1 aromatic rings. The molecule has 2 aliphatic rings. The van der Waals surface area contributed by atoms with Gasteiger partial charge in [0.25, 0.3) is 0 Å². The Morgan fingerprint density at radius 3 is 2.85 bits per heavy atom. The summed E-state index contributed by atoms with van der Waals surface area (Å²) in [6.45, 7) is 2.26. The normalized spacial score (nSPS) is 20.4. The smallest absolute Gasteiger partial charge is 0.122 e. The first kappa shape index (κ1) is 13.9. The Kier molecular flexibility index (Phi) is 4.27. The summed E-state index contributed by atoms with van der Waals surface area (Å²) in [6, 6.07) is 6.52. The van der Waals surface area contributed by atoms with Gasteiger partial charge in [0.2, 0.25) is 0 Å². The van der Waals surface area contributed by atoms with Crippen LogP contribution >= 0.6 is 0 Å². The van der Waals surface area contributed by atoms with E-state index in [0.29, 0.717) is 6.54 Å². The van der Waals surface area contributed by atoms with Gasteiger partial charge in [0, 0.05) is 13.0 Å². The highest BCUT2D eigenvalue weighted by Crippen LogP contribution is 2.31. The predicted octanol–water partition coefficient (Wildman–Crippen LogP) is 2.84. The zero-order chi connectivity index (χ0) is 13.8. The lowest BCUT2D eigenvalue weighted by molar-refractivity contribution is -0.0618. The van der Waals surface area contributed by atoms with E-state index in [-0.39, 0.29) is 5.60 Å². The van der Waals surface area contributed by atoms with E-state index in [2.05, 4.69) is 18.2 Å². The highest BCUT2D eigenvalue weighted by Gasteiger charge is 2.31. The summed E-state index contributed by atoms with van der Waals surface area (Å²) in [5.41, 5.74) is 8.59. The van der Waals surface area contributed by atoms with Crippen molar-refractivity contribution in [1.82, 2.24) is 0 Å². The van der Waals surface area contributed by atoms with Crippen LogP contribution in [0.15, 0.2) is 18.2 Å². The second kappa shape index (κ2) is 6.15. The summed E-state index contributed by atoms with van der Waals surface area (Å²) in [5.74, 6) is 1.06. The van der Waals surface area contributed by atoms with Crippen LogP contribution in [0.1, 0.15) is 43.2 Å². The van der Waals surface area contributed by atoms with Gasteiger partial charge in [0.15, 0.2) is 0 Å². The zero-order valence-corrected chi connectivity index (χ0v) is 12.2. The maximum atomic E-state index is 6.19. The van der Waals surface area contributed by atoms with Gasteiger partial charge in [0.05, 0.1) is 18.8 Å². The first-order chi connectivity index (χ1) is 9.81. The van der Waals surface area contributed by atoms with E-state index in [4.69, 9.17) is 15.2 Å². The Balaban J connectivity index is 1.54. The first-order valence-corrected chi connectivity index (χ1v) is 7.90. The van der Waals surface area contributed by atoms with Crippen molar-refractivity contribution in [2.75, 3.05) is 19.8 Å². The summed E-state index contributed by atoms with van der Waals surface area (Å²) in [5, 5.41) is 0. The molecule has 0 saturated heterocycles. The largest absolute Gasteiger partial charge is 0.493 e. The van der Waals surface area contributed by atoms with Crippen molar-refractivity contribution >= 4 is 0 Å². The molecule has 0 spiro atoms. The third-order valence-electron chi connectivity index (χ3n) is 4.69. The van der Waals surface area contributed by atoms with Crippen LogP contribution in [0, 0.1) is 0 Å². The average Bonchev–Trinajstić information content (AvgIpc) is 2.96. The molecule has 20 heavy (non-hydrogen) atoms. The number of fused-ring (bicyclic) bond motifs is 1. The minimum Gasteiger partial charge on any atom is -0.493 e. The van der Waals surface area contributed by atoms with Crippen LogP contribution in [0.2, 0.25) is 0 Å². The molecule has 0 unspecified atom stereocenters. The molecular weight excluding hydrogens is 250 g/mol. The molecule has 1 saturated carbocycles. The zero-order valence-electron chi connectivity index (χ0n) is 12.2. The van der Waals surface area contributed by atoms with Crippen LogP contribution < -0.4 is 10.5 Å². The molecule has 1 aromatic carbocycles. The third kappa shape index (κ3) is 2.99. The molecule has 0 aromatic heterocycles. The topological polar surface area (TPSA) is 44.5 Å². The molecule has 2 N–H and O–H groups in total. The number of nitrogens with two attached hydrogens (primary N) is 1. The van der Waals surface area contributed by atoms with Gasteiger partial charge in [-0.05, 0) is 36.5 Å². The van der Waals surface area contributed by atoms with E-state index in [1.807, 2.05) is 0 Å². The second-order valence-corrected chi connectivity index (χ2v) is 6.09. The minimum absolute atomic E-state index is 0.0436. The van der Waals surface area contributed by atoms with Gasteiger partial charge in [-0.1, -0.05) is 31.4 Å². The van der Waals surface area contributed by atoms with Gasteiger partial charge in [-0.25, -0.2) is 0 Å². The van der Waals surface area contributed by atoms with E-state index in [1.165, 1.54) is 30.4 Å². The Hall–Kier alpha value is -1.06. The Morgan fingerprint density at radius 1 is 1.20 bits per heavy atom. The number of hydrogen-bond donors (Lipinski definition) is 1. The van der Waals surface area contributed by atoms with Crippen molar-refractivity contribution in [2.45, 2.75) is 50.5 Å². The summed E-state index contributed by atoms with van der Waals surface area (Å²) in [7, 11) is 0. The van der Waals surface area contributed by atoms with Gasteiger partial charge in [-0.3, -0.25) is 0 Å². The molecule has 0 radical (unpaired) electrons. The molecule has 1 fully saturated rings. The SMILES string of the molecule is NCC1(OCCc2ccc3c(c2)CCO3)CCCCC1.